The minimum Gasteiger partial charge on any atom is -0.392 e. The van der Waals surface area contributed by atoms with E-state index >= 15 is 0 Å². The van der Waals surface area contributed by atoms with Crippen LogP contribution in [0.5, 0.6) is 0 Å². The van der Waals surface area contributed by atoms with Crippen LogP contribution in [-0.2, 0) is 22.6 Å². The number of nitrogens with one attached hydrogen (secondary N) is 3. The Bertz CT molecular complexity index is 1590. The van der Waals surface area contributed by atoms with Crippen molar-refractivity contribution in [2.24, 2.45) is 0 Å². The Balaban J connectivity index is 1.38. The molecule has 0 saturated carbocycles. The second-order valence-corrected chi connectivity index (χ2v) is 12.5. The smallest absolute Gasteiger partial charge is 0.249 e. The molecular weight excluding hydrogens is 610 g/mol. The zero-order valence-corrected chi connectivity index (χ0v) is 26.1. The lowest BCUT2D eigenvalue weighted by molar-refractivity contribution is -0.128. The molecule has 0 aliphatic carbocycles. The minimum atomic E-state index is -0.659. The van der Waals surface area contributed by atoms with Crippen molar-refractivity contribution < 1.29 is 14.7 Å². The molecule has 1 aliphatic heterocycles. The molecule has 2 amide bonds. The molecule has 4 aromatic rings. The van der Waals surface area contributed by atoms with Crippen molar-refractivity contribution in [2.75, 3.05) is 11.4 Å². The van der Waals surface area contributed by atoms with Gasteiger partial charge < -0.3 is 20.6 Å². The zero-order chi connectivity index (χ0) is 30.6. The van der Waals surface area contributed by atoms with Crippen LogP contribution >= 0.6 is 15.9 Å². The SMILES string of the molecule is C[C@@H](O)CNC(C)(C)CC(=O)N[C@@H]1CCc2ccccc2N(Cc2ccc(-c3ccccc3-c3nnn[nH]3)cc2Br)C1=O. The average molecular weight is 647 g/mol. The summed E-state index contributed by atoms with van der Waals surface area (Å²) in [5.41, 5.74) is 5.14. The number of benzene rings is 3. The number of amides is 2. The maximum atomic E-state index is 14.0. The summed E-state index contributed by atoms with van der Waals surface area (Å²) in [6.07, 6.45) is 0.828. The van der Waals surface area contributed by atoms with E-state index in [4.69, 9.17) is 0 Å². The van der Waals surface area contributed by atoms with E-state index in [1.807, 2.05) is 80.6 Å². The lowest BCUT2D eigenvalue weighted by Gasteiger charge is -2.29. The standard InChI is InChI=1S/C32H36BrN7O3/c1-20(41)18-34-32(2,3)17-29(42)35-27-15-14-21-8-4-7-11-28(21)40(31(27)43)19-23-13-12-22(16-26(23)33)24-9-5-6-10-25(24)30-36-38-39-37-30/h4-13,16,20,27,34,41H,14-15,17-19H2,1-3H3,(H,35,42)(H,36,37,38,39)/t20-,27-/m1/s1. The van der Waals surface area contributed by atoms with Gasteiger partial charge in [0.05, 0.1) is 12.6 Å². The van der Waals surface area contributed by atoms with Crippen molar-refractivity contribution in [3.63, 3.8) is 0 Å². The Morgan fingerprint density at radius 1 is 1.14 bits per heavy atom. The van der Waals surface area contributed by atoms with Gasteiger partial charge >= 0.3 is 0 Å². The molecule has 2 atom stereocenters. The van der Waals surface area contributed by atoms with Gasteiger partial charge in [-0.25, -0.2) is 5.10 Å². The maximum absolute atomic E-state index is 14.0. The van der Waals surface area contributed by atoms with E-state index < -0.39 is 17.7 Å². The van der Waals surface area contributed by atoms with Crippen LogP contribution in [-0.4, -0.2) is 61.8 Å². The number of aromatic nitrogens is 4. The molecule has 1 aromatic heterocycles. The Labute approximate surface area is 259 Å². The molecule has 0 bridgehead atoms. The van der Waals surface area contributed by atoms with Crippen molar-refractivity contribution in [1.82, 2.24) is 31.3 Å². The fraction of sp³-hybridized carbons (Fsp3) is 0.344. The van der Waals surface area contributed by atoms with Crippen molar-refractivity contribution in [2.45, 2.75) is 64.3 Å². The number of rotatable bonds is 10. The van der Waals surface area contributed by atoms with E-state index in [1.165, 1.54) is 0 Å². The first kappa shape index (κ1) is 30.5. The Morgan fingerprint density at radius 2 is 1.88 bits per heavy atom. The number of aliphatic hydroxyl groups excluding tert-OH is 1. The van der Waals surface area contributed by atoms with E-state index in [-0.39, 0.29) is 18.2 Å². The Hall–Kier alpha value is -3.93. The van der Waals surface area contributed by atoms with Crippen LogP contribution in [0.1, 0.15) is 44.7 Å². The molecule has 3 aromatic carbocycles. The van der Waals surface area contributed by atoms with Gasteiger partial charge in [-0.05, 0) is 78.4 Å². The molecule has 10 nitrogen and oxygen atoms in total. The van der Waals surface area contributed by atoms with E-state index in [0.29, 0.717) is 31.8 Å². The van der Waals surface area contributed by atoms with Crippen molar-refractivity contribution in [3.05, 3.63) is 82.3 Å². The first-order chi connectivity index (χ1) is 20.6. The highest BCUT2D eigenvalue weighted by molar-refractivity contribution is 9.10. The molecule has 11 heteroatoms. The molecule has 0 spiro atoms. The number of nitrogens with zero attached hydrogens (tertiary/aromatic N) is 4. The van der Waals surface area contributed by atoms with Gasteiger partial charge in [-0.1, -0.05) is 70.5 Å². The third-order valence-electron chi connectivity index (χ3n) is 7.58. The quantitative estimate of drug-likeness (QED) is 0.201. The lowest BCUT2D eigenvalue weighted by Crippen LogP contribution is -2.51. The van der Waals surface area contributed by atoms with E-state index in [1.54, 1.807) is 11.8 Å². The Kier molecular flexibility index (Phi) is 9.34. The third kappa shape index (κ3) is 7.35. The van der Waals surface area contributed by atoms with Crippen LogP contribution in [0.3, 0.4) is 0 Å². The number of para-hydroxylation sites is 1. The highest BCUT2D eigenvalue weighted by Crippen LogP contribution is 2.34. The predicted molar refractivity (Wildman–Crippen MR) is 169 cm³/mol. The number of hydrogen-bond acceptors (Lipinski definition) is 7. The van der Waals surface area contributed by atoms with Gasteiger partial charge in [0, 0.05) is 34.2 Å². The molecule has 224 valence electrons. The second-order valence-electron chi connectivity index (χ2n) is 11.6. The van der Waals surface area contributed by atoms with E-state index in [2.05, 4.69) is 47.2 Å². The molecular formula is C32H36BrN7O3. The Morgan fingerprint density at radius 3 is 2.60 bits per heavy atom. The highest BCUT2D eigenvalue weighted by Gasteiger charge is 2.33. The number of aryl methyl sites for hydroxylation is 1. The van der Waals surface area contributed by atoms with Crippen molar-refractivity contribution in [3.8, 4) is 22.5 Å². The number of aliphatic hydroxyl groups is 1. The minimum absolute atomic E-state index is 0.146. The summed E-state index contributed by atoms with van der Waals surface area (Å²) in [4.78, 5) is 28.9. The first-order valence-corrected chi connectivity index (χ1v) is 15.1. The molecule has 2 heterocycles. The van der Waals surface area contributed by atoms with Crippen LogP contribution in [0, 0.1) is 0 Å². The van der Waals surface area contributed by atoms with Gasteiger partial charge in [0.25, 0.3) is 0 Å². The van der Waals surface area contributed by atoms with Gasteiger partial charge in [-0.2, -0.15) is 0 Å². The van der Waals surface area contributed by atoms with Gasteiger partial charge in [-0.3, -0.25) is 9.59 Å². The summed E-state index contributed by atoms with van der Waals surface area (Å²) < 4.78 is 0.858. The molecule has 0 saturated heterocycles. The van der Waals surface area contributed by atoms with Gasteiger partial charge in [0.1, 0.15) is 6.04 Å². The number of anilines is 1. The number of aromatic amines is 1. The van der Waals surface area contributed by atoms with Crippen molar-refractivity contribution >= 4 is 33.4 Å². The molecule has 0 radical (unpaired) electrons. The number of tetrazole rings is 1. The number of halogens is 1. The third-order valence-corrected chi connectivity index (χ3v) is 8.32. The summed E-state index contributed by atoms with van der Waals surface area (Å²) in [6, 6.07) is 21.2. The average Bonchev–Trinajstić information content (AvgIpc) is 3.49. The number of carbonyl (C=O) groups excluding carboxylic acids is 2. The maximum Gasteiger partial charge on any atom is 0.249 e. The normalized spacial score (nSPS) is 16.0. The lowest BCUT2D eigenvalue weighted by atomic mass is 9.98. The monoisotopic (exact) mass is 645 g/mol. The summed E-state index contributed by atoms with van der Waals surface area (Å²) in [7, 11) is 0. The van der Waals surface area contributed by atoms with Crippen LogP contribution in [0.15, 0.2) is 71.2 Å². The number of H-pyrrole nitrogens is 1. The van der Waals surface area contributed by atoms with Gasteiger partial charge in [-0.15, -0.1) is 5.10 Å². The highest BCUT2D eigenvalue weighted by atomic mass is 79.9. The summed E-state index contributed by atoms with van der Waals surface area (Å²) in [5.74, 6) is 0.225. The number of fused-ring (bicyclic) bond motifs is 1. The topological polar surface area (TPSA) is 136 Å². The van der Waals surface area contributed by atoms with Gasteiger partial charge in [0.15, 0.2) is 5.82 Å². The van der Waals surface area contributed by atoms with Crippen molar-refractivity contribution in [1.29, 1.82) is 0 Å². The number of β-amino-alcohol motifs (C(OH)–C–C–N with tert-alkyl or cyclic N) is 1. The largest absolute Gasteiger partial charge is 0.392 e. The van der Waals surface area contributed by atoms with E-state index in [9.17, 15) is 14.7 Å². The molecule has 43 heavy (non-hydrogen) atoms. The number of carbonyl (C=O) groups is 2. The van der Waals surface area contributed by atoms with Crippen LogP contribution in [0.2, 0.25) is 0 Å². The summed E-state index contributed by atoms with van der Waals surface area (Å²) >= 11 is 3.76. The van der Waals surface area contributed by atoms with Crippen LogP contribution < -0.4 is 15.5 Å². The van der Waals surface area contributed by atoms with E-state index in [0.717, 1.165) is 38.0 Å². The van der Waals surface area contributed by atoms with Crippen LogP contribution in [0.25, 0.3) is 22.5 Å². The molecule has 0 unspecified atom stereocenters. The molecule has 5 rings (SSSR count). The molecule has 4 N–H and O–H groups in total. The number of hydrogen-bond donors (Lipinski definition) is 4. The second kappa shape index (κ2) is 13.2. The summed E-state index contributed by atoms with van der Waals surface area (Å²) in [5, 5.41) is 30.2. The molecule has 1 aliphatic rings. The summed E-state index contributed by atoms with van der Waals surface area (Å²) in [6.45, 7) is 6.23. The zero-order valence-electron chi connectivity index (χ0n) is 24.5. The fourth-order valence-electron chi connectivity index (χ4n) is 5.37. The molecule has 0 fully saturated rings. The van der Waals surface area contributed by atoms with Gasteiger partial charge in [0.2, 0.25) is 11.8 Å². The first-order valence-electron chi connectivity index (χ1n) is 14.3. The predicted octanol–water partition coefficient (Wildman–Crippen LogP) is 4.40. The fourth-order valence-corrected chi connectivity index (χ4v) is 5.88. The van der Waals surface area contributed by atoms with Crippen LogP contribution in [0.4, 0.5) is 5.69 Å².